The Morgan fingerprint density at radius 2 is 1.57 bits per heavy atom. The first kappa shape index (κ1) is 47.5. The molecule has 2 amide bonds. The summed E-state index contributed by atoms with van der Waals surface area (Å²) in [5.41, 5.74) is -4.31. The van der Waals surface area contributed by atoms with Crippen molar-refractivity contribution in [2.45, 2.75) is 144 Å². The van der Waals surface area contributed by atoms with Crippen molar-refractivity contribution in [2.24, 2.45) is 5.92 Å². The SMILES string of the molecule is Cc1cn([C@H]2C[C@H](OC(=O)OC(C)(C)C)[C@@H](COC(=O)OC(C)(C)C)O2)c(=O)n(Cc2cn([C@H](C(=O)N(Cc3cc([N+](=O)[O-])ccn3)C(=O)OC(C)(C)C)C(C)C)nn2)c1=O. The van der Waals surface area contributed by atoms with Crippen molar-refractivity contribution >= 4 is 30.0 Å². The molecule has 0 unspecified atom stereocenters. The van der Waals surface area contributed by atoms with E-state index in [2.05, 4.69) is 15.3 Å². The van der Waals surface area contributed by atoms with Crippen LogP contribution in [0.1, 0.15) is 112 Å². The maximum absolute atomic E-state index is 14.3. The van der Waals surface area contributed by atoms with Gasteiger partial charge in [-0.25, -0.2) is 28.8 Å². The number of amides is 2. The van der Waals surface area contributed by atoms with Crippen LogP contribution in [-0.2, 0) is 46.3 Å². The van der Waals surface area contributed by atoms with E-state index in [-0.39, 0.29) is 29.1 Å². The molecule has 1 fully saturated rings. The first-order valence-corrected chi connectivity index (χ1v) is 19.4. The molecular formula is C39H54N8O14. The lowest BCUT2D eigenvalue weighted by atomic mass is 10.0. The molecule has 0 aliphatic carbocycles. The summed E-state index contributed by atoms with van der Waals surface area (Å²) >= 11 is 0. The lowest BCUT2D eigenvalue weighted by Gasteiger charge is -2.29. The summed E-state index contributed by atoms with van der Waals surface area (Å²) in [7, 11) is 0. The van der Waals surface area contributed by atoms with Crippen molar-refractivity contribution in [3.05, 3.63) is 78.6 Å². The molecule has 3 aromatic heterocycles. The molecule has 1 aliphatic rings. The highest BCUT2D eigenvalue weighted by Gasteiger charge is 2.42. The average Bonchev–Trinajstić information content (AvgIpc) is 3.73. The zero-order valence-corrected chi connectivity index (χ0v) is 36.4. The number of pyridine rings is 1. The molecule has 0 radical (unpaired) electrons. The Morgan fingerprint density at radius 1 is 0.951 bits per heavy atom. The van der Waals surface area contributed by atoms with E-state index < -0.39 is 107 Å². The van der Waals surface area contributed by atoms with Crippen molar-refractivity contribution in [1.29, 1.82) is 0 Å². The van der Waals surface area contributed by atoms with E-state index in [1.165, 1.54) is 36.3 Å². The minimum atomic E-state index is -1.19. The Balaban J connectivity index is 1.64. The van der Waals surface area contributed by atoms with E-state index in [0.717, 1.165) is 20.1 Å². The molecule has 0 saturated carbocycles. The van der Waals surface area contributed by atoms with Crippen molar-refractivity contribution in [3.8, 4) is 0 Å². The summed E-state index contributed by atoms with van der Waals surface area (Å²) in [4.78, 5) is 96.0. The molecule has 4 heterocycles. The van der Waals surface area contributed by atoms with Gasteiger partial charge in [-0.05, 0) is 75.2 Å². The van der Waals surface area contributed by atoms with Gasteiger partial charge in [-0.15, -0.1) is 5.10 Å². The molecular weight excluding hydrogens is 804 g/mol. The first-order valence-electron chi connectivity index (χ1n) is 19.4. The second kappa shape index (κ2) is 18.6. The Morgan fingerprint density at radius 3 is 2.16 bits per heavy atom. The smallest absolute Gasteiger partial charge is 0.443 e. The normalized spacial score (nSPS) is 17.4. The number of nitro groups is 1. The number of aromatic nitrogens is 6. The van der Waals surface area contributed by atoms with Crippen LogP contribution in [0.15, 0.2) is 40.3 Å². The summed E-state index contributed by atoms with van der Waals surface area (Å²) in [5.74, 6) is -1.32. The molecule has 4 rings (SSSR count). The molecule has 0 spiro atoms. The standard InChI is InChI=1S/C39H54N8O14/c1-22(2)30(32(49)45(34(51)59-37(4,5)6)18-24-15-26(47(54)55)13-14-40-24)46-20-25(41-42-46)19-44-31(48)23(3)17-43(33(44)50)29-16-27(58-36(53)61-39(10,11)12)28(57-29)21-56-35(52)60-38(7,8)9/h13-15,17,20,22,27-30H,16,18-19,21H2,1-12H3/t27-,28+,29+,30-/m0/s1. The first-order chi connectivity index (χ1) is 28.1. The highest BCUT2D eigenvalue weighted by molar-refractivity contribution is 5.94. The monoisotopic (exact) mass is 858 g/mol. The van der Waals surface area contributed by atoms with Crippen molar-refractivity contribution < 1.29 is 52.5 Å². The van der Waals surface area contributed by atoms with Crippen LogP contribution in [0.3, 0.4) is 0 Å². The number of carbonyl (C=O) groups is 4. The Bertz CT molecular complexity index is 2230. The van der Waals surface area contributed by atoms with E-state index in [4.69, 9.17) is 28.4 Å². The maximum atomic E-state index is 14.3. The van der Waals surface area contributed by atoms with Gasteiger partial charge in [-0.2, -0.15) is 0 Å². The highest BCUT2D eigenvalue weighted by Crippen LogP contribution is 2.31. The third-order valence-corrected chi connectivity index (χ3v) is 8.51. The van der Waals surface area contributed by atoms with Crippen LogP contribution in [0.2, 0.25) is 0 Å². The number of aryl methyl sites for hydroxylation is 1. The number of carbonyl (C=O) groups excluding carboxylic acids is 4. The number of imide groups is 1. The van der Waals surface area contributed by atoms with Gasteiger partial charge in [-0.1, -0.05) is 19.1 Å². The van der Waals surface area contributed by atoms with Gasteiger partial charge in [-0.3, -0.25) is 33.8 Å². The van der Waals surface area contributed by atoms with Gasteiger partial charge < -0.3 is 28.4 Å². The van der Waals surface area contributed by atoms with Gasteiger partial charge in [0.1, 0.15) is 53.6 Å². The van der Waals surface area contributed by atoms with Crippen LogP contribution >= 0.6 is 0 Å². The lowest BCUT2D eigenvalue weighted by molar-refractivity contribution is -0.385. The molecule has 1 saturated heterocycles. The second-order valence-electron chi connectivity index (χ2n) is 17.7. The number of ether oxygens (including phenoxy) is 6. The van der Waals surface area contributed by atoms with Gasteiger partial charge in [0, 0.05) is 36.5 Å². The van der Waals surface area contributed by atoms with Crippen LogP contribution in [-0.4, -0.2) is 98.9 Å². The zero-order valence-electron chi connectivity index (χ0n) is 36.4. The number of hydrogen-bond acceptors (Lipinski definition) is 17. The molecule has 1 aliphatic heterocycles. The molecule has 334 valence electrons. The van der Waals surface area contributed by atoms with E-state index >= 15 is 0 Å². The lowest BCUT2D eigenvalue weighted by Crippen LogP contribution is -2.45. The van der Waals surface area contributed by atoms with E-state index in [1.54, 1.807) is 76.2 Å². The minimum Gasteiger partial charge on any atom is -0.443 e. The Labute approximate surface area is 351 Å². The minimum absolute atomic E-state index is 0.0427. The van der Waals surface area contributed by atoms with Crippen molar-refractivity contribution in [1.82, 2.24) is 34.0 Å². The van der Waals surface area contributed by atoms with Gasteiger partial charge in [0.2, 0.25) is 0 Å². The summed E-state index contributed by atoms with van der Waals surface area (Å²) in [6, 6.07) is 1.12. The van der Waals surface area contributed by atoms with E-state index in [1.807, 2.05) is 0 Å². The van der Waals surface area contributed by atoms with Gasteiger partial charge in [0.15, 0.2) is 0 Å². The van der Waals surface area contributed by atoms with Gasteiger partial charge >= 0.3 is 24.1 Å². The molecule has 22 heteroatoms. The molecule has 61 heavy (non-hydrogen) atoms. The van der Waals surface area contributed by atoms with Crippen LogP contribution in [0.5, 0.6) is 0 Å². The number of rotatable bonds is 12. The van der Waals surface area contributed by atoms with Crippen LogP contribution in [0, 0.1) is 23.0 Å². The summed E-state index contributed by atoms with van der Waals surface area (Å²) in [5, 5.41) is 19.7. The third-order valence-electron chi connectivity index (χ3n) is 8.51. The predicted molar refractivity (Wildman–Crippen MR) is 212 cm³/mol. The zero-order chi connectivity index (χ0) is 45.8. The predicted octanol–water partition coefficient (Wildman–Crippen LogP) is 4.98. The molecule has 0 aromatic carbocycles. The summed E-state index contributed by atoms with van der Waals surface area (Å²) < 4.78 is 36.2. The Hall–Kier alpha value is -6.19. The quantitative estimate of drug-likeness (QED) is 0.101. The molecule has 4 atom stereocenters. The fourth-order valence-electron chi connectivity index (χ4n) is 6.00. The average molecular weight is 859 g/mol. The molecule has 0 bridgehead atoms. The van der Waals surface area contributed by atoms with Crippen molar-refractivity contribution in [3.63, 3.8) is 0 Å². The van der Waals surface area contributed by atoms with Gasteiger partial charge in [0.05, 0.1) is 29.9 Å². The maximum Gasteiger partial charge on any atom is 0.509 e. The Kier molecular flexibility index (Phi) is 14.5. The fourth-order valence-corrected chi connectivity index (χ4v) is 6.00. The van der Waals surface area contributed by atoms with Crippen LogP contribution < -0.4 is 11.2 Å². The topological polar surface area (TPSA) is 258 Å². The molecule has 3 aromatic rings. The highest BCUT2D eigenvalue weighted by atomic mass is 16.8. The number of nitrogens with zero attached hydrogens (tertiary/aromatic N) is 8. The van der Waals surface area contributed by atoms with Crippen molar-refractivity contribution in [2.75, 3.05) is 6.61 Å². The second-order valence-corrected chi connectivity index (χ2v) is 17.7. The van der Waals surface area contributed by atoms with E-state index in [0.29, 0.717) is 0 Å². The molecule has 0 N–H and O–H groups in total. The van der Waals surface area contributed by atoms with Crippen LogP contribution in [0.4, 0.5) is 20.1 Å². The van der Waals surface area contributed by atoms with Gasteiger partial charge in [0.25, 0.3) is 17.2 Å². The largest absolute Gasteiger partial charge is 0.509 e. The van der Waals surface area contributed by atoms with Crippen LogP contribution in [0.25, 0.3) is 0 Å². The third kappa shape index (κ3) is 13.1. The van der Waals surface area contributed by atoms with E-state index in [9.17, 15) is 38.9 Å². The molecule has 22 nitrogen and oxygen atoms in total. The summed E-state index contributed by atoms with van der Waals surface area (Å²) in [6.45, 7) is 18.3. The number of hydrogen-bond donors (Lipinski definition) is 0. The fraction of sp³-hybridized carbons (Fsp3) is 0.615. The summed E-state index contributed by atoms with van der Waals surface area (Å²) in [6.07, 6.45) is -2.58.